The molecule has 0 atom stereocenters. The van der Waals surface area contributed by atoms with Crippen LogP contribution in [0.15, 0.2) is 162 Å². The van der Waals surface area contributed by atoms with E-state index in [1.807, 2.05) is 0 Å². The van der Waals surface area contributed by atoms with Crippen molar-refractivity contribution in [2.24, 2.45) is 0 Å². The largest absolute Gasteiger partial charge is 0.455 e. The molecule has 0 fully saturated rings. The monoisotopic (exact) mass is 568 g/mol. The fourth-order valence-electron chi connectivity index (χ4n) is 5.60. The lowest BCUT2D eigenvalue weighted by Crippen LogP contribution is -1.92. The van der Waals surface area contributed by atoms with Gasteiger partial charge in [0, 0.05) is 21.9 Å². The summed E-state index contributed by atoms with van der Waals surface area (Å²) < 4.78 is 202. The van der Waals surface area contributed by atoms with Gasteiger partial charge in [-0.25, -0.2) is 0 Å². The molecular formula is C42H26O. The first kappa shape index (κ1) is 10.9. The maximum Gasteiger partial charge on any atom is 0.143 e. The van der Waals surface area contributed by atoms with Gasteiger partial charge in [-0.3, -0.25) is 0 Å². The van der Waals surface area contributed by atoms with Crippen molar-refractivity contribution in [2.75, 3.05) is 0 Å². The van der Waals surface area contributed by atoms with E-state index in [2.05, 4.69) is 0 Å². The van der Waals surface area contributed by atoms with Crippen LogP contribution in [-0.2, 0) is 0 Å². The van der Waals surface area contributed by atoms with Crippen LogP contribution < -0.4 is 0 Å². The van der Waals surface area contributed by atoms with Gasteiger partial charge in [-0.2, -0.15) is 0 Å². The van der Waals surface area contributed by atoms with Crippen LogP contribution in [0.1, 0.15) is 30.2 Å². The standard InChI is InChI=1S/C42H26O/c1-2-13-27(14-3-1)28-20-10-22-30-29(28)21-11-23-32(30)40-33-16-4-6-18-35(33)41(36-19-7-5-17-34(36)40)38-25-12-24-37-31-15-8-9-26-39(31)43-42(37)38/h1-26H/i1D,2D,3D,4D,5D,6D,7D,8D,9D,10D,11D,13D,15D,16D,17D,18D,19D,20D,21D,22D,23D,26D. The Morgan fingerprint density at radius 3 is 1.65 bits per heavy atom. The van der Waals surface area contributed by atoms with E-state index in [1.165, 1.54) is 18.2 Å². The minimum atomic E-state index is -0.912. The van der Waals surface area contributed by atoms with Crippen molar-refractivity contribution in [2.45, 2.75) is 0 Å². The third kappa shape index (κ3) is 3.58. The molecule has 0 aliphatic heterocycles. The molecule has 1 nitrogen and oxygen atoms in total. The van der Waals surface area contributed by atoms with Gasteiger partial charge in [-0.1, -0.05) is 151 Å². The first-order valence-corrected chi connectivity index (χ1v) is 13.0. The highest BCUT2D eigenvalue weighted by Gasteiger charge is 2.21. The Labute approximate surface area is 280 Å². The lowest BCUT2D eigenvalue weighted by atomic mass is 9.84. The molecule has 0 spiro atoms. The van der Waals surface area contributed by atoms with Crippen LogP contribution in [0.4, 0.5) is 0 Å². The normalized spacial score (nSPS) is 18.9. The van der Waals surface area contributed by atoms with E-state index in [1.54, 1.807) is 0 Å². The summed E-state index contributed by atoms with van der Waals surface area (Å²) in [6.07, 6.45) is 0. The van der Waals surface area contributed by atoms with Gasteiger partial charge in [0.25, 0.3) is 0 Å². The zero-order valence-electron chi connectivity index (χ0n) is 43.7. The number of hydrogen-bond acceptors (Lipinski definition) is 1. The summed E-state index contributed by atoms with van der Waals surface area (Å²) >= 11 is 0. The Balaban J connectivity index is 1.63. The Kier molecular flexibility index (Phi) is 2.39. The summed E-state index contributed by atoms with van der Waals surface area (Å²) in [6, 6.07) is -11.4. The molecule has 9 aromatic rings. The molecule has 0 aliphatic carbocycles. The highest BCUT2D eigenvalue weighted by Crippen LogP contribution is 2.48. The molecule has 1 heteroatoms. The van der Waals surface area contributed by atoms with Crippen molar-refractivity contribution in [3.05, 3.63) is 157 Å². The smallest absolute Gasteiger partial charge is 0.143 e. The first-order valence-electron chi connectivity index (χ1n) is 24.0. The molecule has 0 bridgehead atoms. The molecule has 8 aromatic carbocycles. The van der Waals surface area contributed by atoms with E-state index in [-0.39, 0.29) is 33.1 Å². The number of benzene rings is 8. The zero-order valence-corrected chi connectivity index (χ0v) is 21.7. The van der Waals surface area contributed by atoms with Crippen LogP contribution in [0.2, 0.25) is 0 Å². The summed E-state index contributed by atoms with van der Waals surface area (Å²) in [4.78, 5) is 0. The molecule has 43 heavy (non-hydrogen) atoms. The number of furan rings is 1. The summed E-state index contributed by atoms with van der Waals surface area (Å²) in [5, 5.41) is -2.94. The van der Waals surface area contributed by atoms with Crippen LogP contribution in [0.5, 0.6) is 0 Å². The van der Waals surface area contributed by atoms with Crippen LogP contribution in [0.25, 0.3) is 87.6 Å². The van der Waals surface area contributed by atoms with Crippen molar-refractivity contribution >= 4 is 54.3 Å². The third-order valence-corrected chi connectivity index (χ3v) is 7.35. The Hall–Kier alpha value is -5.66. The summed E-state index contributed by atoms with van der Waals surface area (Å²) in [7, 11) is 0. The van der Waals surface area contributed by atoms with Gasteiger partial charge < -0.3 is 4.42 Å². The van der Waals surface area contributed by atoms with Crippen molar-refractivity contribution in [3.8, 4) is 33.4 Å². The molecule has 0 amide bonds. The van der Waals surface area contributed by atoms with Crippen molar-refractivity contribution in [3.63, 3.8) is 0 Å². The Morgan fingerprint density at radius 1 is 0.372 bits per heavy atom. The van der Waals surface area contributed by atoms with Gasteiger partial charge in [0.2, 0.25) is 0 Å². The summed E-state index contributed by atoms with van der Waals surface area (Å²) in [5.74, 6) is 0. The molecule has 0 N–H and O–H groups in total. The first-order chi connectivity index (χ1) is 30.5. The maximum atomic E-state index is 9.46. The van der Waals surface area contributed by atoms with Gasteiger partial charge in [0.1, 0.15) is 11.2 Å². The topological polar surface area (TPSA) is 13.1 Å². The average molecular weight is 569 g/mol. The molecule has 1 heterocycles. The molecule has 0 saturated carbocycles. The molecule has 0 aliphatic rings. The van der Waals surface area contributed by atoms with Crippen molar-refractivity contribution in [1.82, 2.24) is 0 Å². The highest BCUT2D eigenvalue weighted by atomic mass is 16.3. The third-order valence-electron chi connectivity index (χ3n) is 7.35. The SMILES string of the molecule is [2H]c1cc(-c2c([2H])c([2H])c([2H])c3c(-c4c5c([2H])c([2H])c([2H])c([2H])c5c(-c5cccc6c5oc5c([2H])c([2H])c([2H])c([2H])c56)c5c([2H])c([2H])c([2H])c([2H])c45)c([2H])c([2H])c([2H])c23)c([2H])c([2H])c1[2H]. The molecule has 1 aromatic heterocycles. The second-order valence-corrected chi connectivity index (χ2v) is 9.57. The van der Waals surface area contributed by atoms with E-state index < -0.39 is 188 Å². The lowest BCUT2D eigenvalue weighted by Gasteiger charge is -2.19. The summed E-state index contributed by atoms with van der Waals surface area (Å²) in [5.41, 5.74) is -2.89. The van der Waals surface area contributed by atoms with Gasteiger partial charge in [-0.15, -0.1) is 0 Å². The highest BCUT2D eigenvalue weighted by molar-refractivity contribution is 6.26. The van der Waals surface area contributed by atoms with Crippen molar-refractivity contribution in [1.29, 1.82) is 0 Å². The predicted molar refractivity (Wildman–Crippen MR) is 183 cm³/mol. The minimum Gasteiger partial charge on any atom is -0.455 e. The van der Waals surface area contributed by atoms with Crippen molar-refractivity contribution < 1.29 is 34.6 Å². The second-order valence-electron chi connectivity index (χ2n) is 9.57. The lowest BCUT2D eigenvalue weighted by molar-refractivity contribution is 0.670. The van der Waals surface area contributed by atoms with E-state index >= 15 is 0 Å². The van der Waals surface area contributed by atoms with E-state index in [0.29, 0.717) is 0 Å². The van der Waals surface area contributed by atoms with Gasteiger partial charge in [0.05, 0.1) is 30.2 Å². The van der Waals surface area contributed by atoms with Gasteiger partial charge in [0.15, 0.2) is 0 Å². The fraction of sp³-hybridized carbons (Fsp3) is 0. The quantitative estimate of drug-likeness (QED) is 0.193. The van der Waals surface area contributed by atoms with Gasteiger partial charge in [-0.05, 0) is 60.6 Å². The van der Waals surface area contributed by atoms with E-state index in [0.717, 1.165) is 6.07 Å². The molecule has 0 radical (unpaired) electrons. The second kappa shape index (κ2) is 9.44. The number of hydrogen-bond donors (Lipinski definition) is 0. The number of para-hydroxylation sites is 2. The van der Waals surface area contributed by atoms with Crippen LogP contribution >= 0.6 is 0 Å². The maximum absolute atomic E-state index is 9.46. The Morgan fingerprint density at radius 2 is 0.930 bits per heavy atom. The number of fused-ring (bicyclic) bond motifs is 6. The fourth-order valence-corrected chi connectivity index (χ4v) is 5.60. The molecule has 200 valence electrons. The zero-order chi connectivity index (χ0) is 47.5. The van der Waals surface area contributed by atoms with Crippen LogP contribution in [0, 0.1) is 0 Å². The van der Waals surface area contributed by atoms with E-state index in [9.17, 15) is 8.22 Å². The Bertz CT molecular complexity index is 3660. The van der Waals surface area contributed by atoms with Crippen LogP contribution in [-0.4, -0.2) is 0 Å². The van der Waals surface area contributed by atoms with Crippen LogP contribution in [0.3, 0.4) is 0 Å². The van der Waals surface area contributed by atoms with E-state index in [4.69, 9.17) is 26.3 Å². The minimum absolute atomic E-state index is 0.0484. The molecule has 0 unspecified atom stereocenters. The average Bonchev–Trinajstić information content (AvgIpc) is 3.69. The van der Waals surface area contributed by atoms with Gasteiger partial charge >= 0.3 is 0 Å². The number of rotatable bonds is 3. The molecular weight excluding hydrogens is 520 g/mol. The molecule has 0 saturated heterocycles. The molecule has 9 rings (SSSR count). The predicted octanol–water partition coefficient (Wildman–Crippen LogP) is 12.0. The summed E-state index contributed by atoms with van der Waals surface area (Å²) in [6.45, 7) is 0.